The molecule has 1 N–H and O–H groups in total. The van der Waals surface area contributed by atoms with Crippen molar-refractivity contribution in [1.82, 2.24) is 0 Å². The van der Waals surface area contributed by atoms with Crippen LogP contribution >= 0.6 is 22.9 Å². The van der Waals surface area contributed by atoms with E-state index in [0.717, 1.165) is 5.56 Å². The van der Waals surface area contributed by atoms with Crippen molar-refractivity contribution in [3.63, 3.8) is 0 Å². The zero-order valence-corrected chi connectivity index (χ0v) is 17.7. The maximum atomic E-state index is 13.7. The maximum absolute atomic E-state index is 13.7. The summed E-state index contributed by atoms with van der Waals surface area (Å²) in [4.78, 5) is 28.1. The molecule has 2 aromatic carbocycles. The number of hydrogen-bond acceptors (Lipinski definition) is 4. The molecule has 1 fully saturated rings. The van der Waals surface area contributed by atoms with E-state index in [0.29, 0.717) is 21.2 Å². The summed E-state index contributed by atoms with van der Waals surface area (Å²) >= 11 is 7.63. The first-order valence-electron chi connectivity index (χ1n) is 9.16. The van der Waals surface area contributed by atoms with E-state index in [-0.39, 0.29) is 16.9 Å². The van der Waals surface area contributed by atoms with Gasteiger partial charge in [-0.05, 0) is 66.8 Å². The number of Topliss-reactive ketones (excluding diaryl/α,β-unsaturated/α-hetero) is 1. The Balaban J connectivity index is 1.93. The van der Waals surface area contributed by atoms with Gasteiger partial charge in [0.1, 0.15) is 17.6 Å². The fourth-order valence-electron chi connectivity index (χ4n) is 3.49. The number of aliphatic hydroxyl groups excluding tert-OH is 1. The standard InChI is InChI=1S/C23H17ClFNO3S/c1-12-5-7-15(11-16(12)24)26-20(18-4-3-9-30-18)19(22(28)23(26)29)21(27)14-6-8-17(25)13(2)10-14/h3-11,20,27H,1-2H3/b21-19-. The lowest BCUT2D eigenvalue weighted by Crippen LogP contribution is -2.29. The number of aliphatic hydroxyl groups is 1. The number of carbonyl (C=O) groups excluding carboxylic acids is 2. The Kier molecular flexibility index (Phi) is 5.22. The van der Waals surface area contributed by atoms with Crippen molar-refractivity contribution in [2.75, 3.05) is 4.90 Å². The molecule has 7 heteroatoms. The number of nitrogens with zero attached hydrogens (tertiary/aromatic N) is 1. The van der Waals surface area contributed by atoms with Crippen LogP contribution in [0, 0.1) is 19.7 Å². The van der Waals surface area contributed by atoms with E-state index < -0.39 is 23.5 Å². The molecule has 1 aliphatic rings. The van der Waals surface area contributed by atoms with E-state index in [1.165, 1.54) is 34.4 Å². The third-order valence-electron chi connectivity index (χ3n) is 5.12. The summed E-state index contributed by atoms with van der Waals surface area (Å²) in [7, 11) is 0. The predicted octanol–water partition coefficient (Wildman–Crippen LogP) is 5.78. The Hall–Kier alpha value is -2.96. The molecule has 0 radical (unpaired) electrons. The largest absolute Gasteiger partial charge is 0.507 e. The zero-order valence-electron chi connectivity index (χ0n) is 16.1. The van der Waals surface area contributed by atoms with Crippen LogP contribution in [0.1, 0.15) is 27.6 Å². The number of halogens is 2. The number of hydrogen-bond donors (Lipinski definition) is 1. The van der Waals surface area contributed by atoms with Crippen LogP contribution < -0.4 is 4.90 Å². The van der Waals surface area contributed by atoms with Crippen molar-refractivity contribution in [3.8, 4) is 0 Å². The lowest BCUT2D eigenvalue weighted by Gasteiger charge is -2.24. The monoisotopic (exact) mass is 441 g/mol. The molecule has 4 nitrogen and oxygen atoms in total. The van der Waals surface area contributed by atoms with Gasteiger partial charge in [0, 0.05) is 21.2 Å². The number of thiophene rings is 1. The summed E-state index contributed by atoms with van der Waals surface area (Å²) in [6.07, 6.45) is 0. The number of rotatable bonds is 3. The van der Waals surface area contributed by atoms with Gasteiger partial charge in [-0.2, -0.15) is 0 Å². The molecule has 30 heavy (non-hydrogen) atoms. The summed E-state index contributed by atoms with van der Waals surface area (Å²) in [6.45, 7) is 3.41. The predicted molar refractivity (Wildman–Crippen MR) is 116 cm³/mol. The molecule has 4 rings (SSSR count). The van der Waals surface area contributed by atoms with Gasteiger partial charge in [-0.25, -0.2) is 4.39 Å². The Morgan fingerprint density at radius 3 is 2.50 bits per heavy atom. The van der Waals surface area contributed by atoms with Crippen LogP contribution in [0.5, 0.6) is 0 Å². The first-order valence-corrected chi connectivity index (χ1v) is 10.4. The molecule has 152 valence electrons. The SMILES string of the molecule is Cc1cc(/C(O)=C2/C(=O)C(=O)N(c3ccc(C)c(Cl)c3)C2c2cccs2)ccc1F. The number of aryl methyl sites for hydroxylation is 2. The van der Waals surface area contributed by atoms with Crippen LogP contribution in [-0.4, -0.2) is 16.8 Å². The van der Waals surface area contributed by atoms with Gasteiger partial charge in [-0.1, -0.05) is 23.7 Å². The van der Waals surface area contributed by atoms with Crippen LogP contribution in [0.15, 0.2) is 59.5 Å². The van der Waals surface area contributed by atoms with E-state index in [1.807, 2.05) is 18.4 Å². The zero-order chi connectivity index (χ0) is 21.6. The summed E-state index contributed by atoms with van der Waals surface area (Å²) in [5.74, 6) is -2.31. The van der Waals surface area contributed by atoms with Gasteiger partial charge in [0.25, 0.3) is 11.7 Å². The number of anilines is 1. The first kappa shape index (κ1) is 20.3. The van der Waals surface area contributed by atoms with Crippen LogP contribution in [0.4, 0.5) is 10.1 Å². The Labute approximate surface area is 181 Å². The van der Waals surface area contributed by atoms with E-state index in [1.54, 1.807) is 31.2 Å². The van der Waals surface area contributed by atoms with Gasteiger partial charge in [0.2, 0.25) is 0 Å². The first-order chi connectivity index (χ1) is 14.3. The van der Waals surface area contributed by atoms with E-state index >= 15 is 0 Å². The third kappa shape index (κ3) is 3.32. The third-order valence-corrected chi connectivity index (χ3v) is 6.45. The number of ketones is 1. The van der Waals surface area contributed by atoms with Gasteiger partial charge in [0.15, 0.2) is 0 Å². The average Bonchev–Trinajstić information content (AvgIpc) is 3.33. The van der Waals surface area contributed by atoms with Crippen molar-refractivity contribution in [1.29, 1.82) is 0 Å². The molecule has 1 unspecified atom stereocenters. The Morgan fingerprint density at radius 2 is 1.87 bits per heavy atom. The molecule has 0 saturated carbocycles. The fraction of sp³-hybridized carbons (Fsp3) is 0.130. The summed E-state index contributed by atoms with van der Waals surface area (Å²) < 4.78 is 13.7. The molecular weight excluding hydrogens is 425 g/mol. The van der Waals surface area contributed by atoms with E-state index in [4.69, 9.17) is 11.6 Å². The molecule has 1 atom stereocenters. The molecular formula is C23H17ClFNO3S. The van der Waals surface area contributed by atoms with Gasteiger partial charge in [-0.3, -0.25) is 14.5 Å². The molecule has 3 aromatic rings. The van der Waals surface area contributed by atoms with Crippen molar-refractivity contribution < 1.29 is 19.1 Å². The van der Waals surface area contributed by atoms with Crippen LogP contribution in [-0.2, 0) is 9.59 Å². The number of amides is 1. The summed E-state index contributed by atoms with van der Waals surface area (Å²) in [6, 6.07) is 12.0. The molecule has 1 aromatic heterocycles. The van der Waals surface area contributed by atoms with Crippen molar-refractivity contribution in [3.05, 3.63) is 91.9 Å². The van der Waals surface area contributed by atoms with Gasteiger partial charge >= 0.3 is 0 Å². The smallest absolute Gasteiger partial charge is 0.300 e. The van der Waals surface area contributed by atoms with Crippen LogP contribution in [0.2, 0.25) is 5.02 Å². The molecule has 1 aliphatic heterocycles. The van der Waals surface area contributed by atoms with Crippen LogP contribution in [0.3, 0.4) is 0 Å². The van der Waals surface area contributed by atoms with E-state index in [2.05, 4.69) is 0 Å². The second kappa shape index (κ2) is 7.70. The highest BCUT2D eigenvalue weighted by atomic mass is 35.5. The second-order valence-corrected chi connectivity index (χ2v) is 8.47. The van der Waals surface area contributed by atoms with Crippen LogP contribution in [0.25, 0.3) is 5.76 Å². The highest BCUT2D eigenvalue weighted by molar-refractivity contribution is 7.10. The minimum atomic E-state index is -0.811. The van der Waals surface area contributed by atoms with Gasteiger partial charge < -0.3 is 5.11 Å². The molecule has 0 spiro atoms. The summed E-state index contributed by atoms with van der Waals surface area (Å²) in [5, 5.41) is 13.3. The quantitative estimate of drug-likeness (QED) is 0.318. The normalized spacial score (nSPS) is 18.3. The van der Waals surface area contributed by atoms with Crippen molar-refractivity contribution >= 4 is 46.1 Å². The maximum Gasteiger partial charge on any atom is 0.300 e. The lowest BCUT2D eigenvalue weighted by molar-refractivity contribution is -0.132. The molecule has 0 bridgehead atoms. The molecule has 1 saturated heterocycles. The molecule has 2 heterocycles. The lowest BCUT2D eigenvalue weighted by atomic mass is 9.98. The van der Waals surface area contributed by atoms with Gasteiger partial charge in [0.05, 0.1) is 5.57 Å². The van der Waals surface area contributed by atoms with E-state index in [9.17, 15) is 19.1 Å². The molecule has 0 aliphatic carbocycles. The summed E-state index contributed by atoms with van der Waals surface area (Å²) in [5.41, 5.74) is 1.86. The minimum absolute atomic E-state index is 0.0369. The average molecular weight is 442 g/mol. The topological polar surface area (TPSA) is 57.6 Å². The highest BCUT2D eigenvalue weighted by Crippen LogP contribution is 2.44. The fourth-order valence-corrected chi connectivity index (χ4v) is 4.49. The second-order valence-electron chi connectivity index (χ2n) is 7.08. The number of carbonyl (C=O) groups is 2. The van der Waals surface area contributed by atoms with Crippen molar-refractivity contribution in [2.45, 2.75) is 19.9 Å². The van der Waals surface area contributed by atoms with Gasteiger partial charge in [-0.15, -0.1) is 11.3 Å². The Bertz CT molecular complexity index is 1200. The molecule has 1 amide bonds. The Morgan fingerprint density at radius 1 is 1.10 bits per heavy atom. The minimum Gasteiger partial charge on any atom is -0.507 e. The highest BCUT2D eigenvalue weighted by Gasteiger charge is 2.47. The van der Waals surface area contributed by atoms with Crippen molar-refractivity contribution in [2.24, 2.45) is 0 Å². The number of benzene rings is 2.